The number of aliphatic imine (C=N–C) groups is 1. The number of pyridine rings is 1. The van der Waals surface area contributed by atoms with Crippen LogP contribution >= 0.6 is 0 Å². The number of fused-ring (bicyclic) bond motifs is 3. The Morgan fingerprint density at radius 3 is 2.73 bits per heavy atom. The molecule has 6 rings (SSSR count). The van der Waals surface area contributed by atoms with Crippen LogP contribution in [-0.4, -0.2) is 65.9 Å². The maximum Gasteiger partial charge on any atom is 0.350 e. The maximum absolute atomic E-state index is 14.1. The summed E-state index contributed by atoms with van der Waals surface area (Å²) in [6, 6.07) is 9.87. The number of ether oxygens (including phenoxy) is 2. The van der Waals surface area contributed by atoms with Crippen molar-refractivity contribution in [1.82, 2.24) is 15.6 Å². The number of guanidine groups is 1. The summed E-state index contributed by atoms with van der Waals surface area (Å²) >= 11 is 0. The van der Waals surface area contributed by atoms with Crippen LogP contribution in [0.3, 0.4) is 0 Å². The van der Waals surface area contributed by atoms with Gasteiger partial charge in [0.05, 0.1) is 12.6 Å². The first kappa shape index (κ1) is 33.3. The van der Waals surface area contributed by atoms with Crippen LogP contribution in [0.15, 0.2) is 83.0 Å². The van der Waals surface area contributed by atoms with Gasteiger partial charge in [-0.15, -0.1) is 0 Å². The van der Waals surface area contributed by atoms with E-state index in [2.05, 4.69) is 38.8 Å². The number of nitrogens with two attached hydrogens (primary N) is 2. The summed E-state index contributed by atoms with van der Waals surface area (Å²) in [6.07, 6.45) is 13.5. The van der Waals surface area contributed by atoms with Crippen LogP contribution in [0.5, 0.6) is 0 Å². The van der Waals surface area contributed by atoms with E-state index in [0.717, 1.165) is 36.9 Å². The molecule has 1 aliphatic heterocycles. The van der Waals surface area contributed by atoms with Crippen molar-refractivity contribution in [2.75, 3.05) is 25.9 Å². The SMILES string of the molecule is CCN[C@@H]1C=C2C=CCC[C@H]2C[C@H]1COC(=O)[C@]12O[C@@]1(C/C=C(\C)C[C@@H](NC(N)=NC)c1ccnc(N)c1)C(=O)c1ccccc1C2=O. The summed E-state index contributed by atoms with van der Waals surface area (Å²) in [5.41, 5.74) is 11.7. The fourth-order valence-corrected chi connectivity index (χ4v) is 7.47. The Balaban J connectivity index is 1.25. The molecule has 0 spiro atoms. The zero-order chi connectivity index (χ0) is 34.1. The Kier molecular flexibility index (Phi) is 9.35. The van der Waals surface area contributed by atoms with Crippen LogP contribution in [-0.2, 0) is 14.3 Å². The Labute approximate surface area is 280 Å². The summed E-state index contributed by atoms with van der Waals surface area (Å²) < 4.78 is 12.1. The summed E-state index contributed by atoms with van der Waals surface area (Å²) in [5.74, 6) is -0.714. The summed E-state index contributed by atoms with van der Waals surface area (Å²) in [7, 11) is 1.59. The highest BCUT2D eigenvalue weighted by molar-refractivity contribution is 6.32. The summed E-state index contributed by atoms with van der Waals surface area (Å²) in [4.78, 5) is 50.4. The van der Waals surface area contributed by atoms with E-state index >= 15 is 0 Å². The lowest BCUT2D eigenvalue weighted by molar-refractivity contribution is -0.150. The second-order valence-corrected chi connectivity index (χ2v) is 13.1. The van der Waals surface area contributed by atoms with E-state index in [1.165, 1.54) is 5.57 Å². The second kappa shape index (κ2) is 13.5. The normalized spacial score (nSPS) is 28.5. The van der Waals surface area contributed by atoms with Gasteiger partial charge in [0, 0.05) is 42.8 Å². The van der Waals surface area contributed by atoms with Crippen LogP contribution in [0.2, 0.25) is 0 Å². The van der Waals surface area contributed by atoms with Crippen LogP contribution < -0.4 is 22.1 Å². The number of hydrogen-bond donors (Lipinski definition) is 4. The second-order valence-electron chi connectivity index (χ2n) is 13.1. The number of likely N-dealkylation sites (N-methyl/N-ethyl adjacent to an activating group) is 1. The molecule has 11 heteroatoms. The number of epoxide rings is 1. The van der Waals surface area contributed by atoms with Crippen molar-refractivity contribution in [1.29, 1.82) is 0 Å². The Morgan fingerprint density at radius 1 is 1.23 bits per heavy atom. The molecule has 1 aromatic heterocycles. The molecule has 0 bridgehead atoms. The molecule has 0 unspecified atom stereocenters. The Bertz CT molecular complexity index is 1730. The molecule has 2 heterocycles. The predicted molar refractivity (Wildman–Crippen MR) is 183 cm³/mol. The average molecular weight is 653 g/mol. The van der Waals surface area contributed by atoms with Crippen molar-refractivity contribution in [3.63, 3.8) is 0 Å². The summed E-state index contributed by atoms with van der Waals surface area (Å²) in [5, 5.41) is 6.71. The van der Waals surface area contributed by atoms with Crippen molar-refractivity contribution in [3.8, 4) is 0 Å². The summed E-state index contributed by atoms with van der Waals surface area (Å²) in [6.45, 7) is 4.84. The number of hydrogen-bond acceptors (Lipinski definition) is 9. The Morgan fingerprint density at radius 2 is 2.00 bits per heavy atom. The van der Waals surface area contributed by atoms with Crippen LogP contribution in [0, 0.1) is 11.8 Å². The average Bonchev–Trinajstić information content (AvgIpc) is 3.80. The monoisotopic (exact) mass is 652 g/mol. The molecule has 0 saturated carbocycles. The number of rotatable bonds is 11. The molecule has 1 aromatic carbocycles. The third-order valence-corrected chi connectivity index (χ3v) is 10.1. The number of nitrogens with zero attached hydrogens (tertiary/aromatic N) is 2. The van der Waals surface area contributed by atoms with E-state index in [1.54, 1.807) is 43.6 Å². The van der Waals surface area contributed by atoms with Gasteiger partial charge in [-0.05, 0) is 68.3 Å². The van der Waals surface area contributed by atoms with Gasteiger partial charge in [0.1, 0.15) is 5.82 Å². The third kappa shape index (κ3) is 5.97. The first-order valence-electron chi connectivity index (χ1n) is 16.7. The lowest BCUT2D eigenvalue weighted by Gasteiger charge is -2.36. The number of aromatic nitrogens is 1. The van der Waals surface area contributed by atoms with Crippen molar-refractivity contribution in [3.05, 3.63) is 94.7 Å². The molecular weight excluding hydrogens is 608 g/mol. The van der Waals surface area contributed by atoms with Gasteiger partial charge in [-0.1, -0.05) is 61.1 Å². The number of allylic oxidation sites excluding steroid dienone is 3. The minimum absolute atomic E-state index is 0.0132. The van der Waals surface area contributed by atoms with Gasteiger partial charge in [-0.25, -0.2) is 9.78 Å². The lowest BCUT2D eigenvalue weighted by atomic mass is 9.72. The molecule has 0 amide bonds. The quantitative estimate of drug-likeness (QED) is 0.0694. The topological polar surface area (TPSA) is 174 Å². The van der Waals surface area contributed by atoms with Crippen molar-refractivity contribution < 1.29 is 23.9 Å². The lowest BCUT2D eigenvalue weighted by Crippen LogP contribution is -2.51. The number of benzene rings is 1. The molecule has 6 N–H and O–H groups in total. The number of ketones is 2. The van der Waals surface area contributed by atoms with Crippen molar-refractivity contribution >= 4 is 29.3 Å². The molecule has 0 radical (unpaired) electrons. The molecule has 1 fully saturated rings. The van der Waals surface area contributed by atoms with Gasteiger partial charge in [0.25, 0.3) is 5.60 Å². The molecule has 11 nitrogen and oxygen atoms in total. The number of Topliss-reactive ketones (excluding diaryl/α,β-unsaturated/α-hetero) is 2. The van der Waals surface area contributed by atoms with Crippen molar-refractivity contribution in [2.24, 2.45) is 22.6 Å². The highest BCUT2D eigenvalue weighted by Crippen LogP contribution is 2.58. The minimum atomic E-state index is -2.04. The van der Waals surface area contributed by atoms with Crippen LogP contribution in [0.25, 0.3) is 0 Å². The van der Waals surface area contributed by atoms with E-state index < -0.39 is 28.7 Å². The molecule has 3 aliphatic carbocycles. The van der Waals surface area contributed by atoms with Gasteiger partial charge < -0.3 is 31.6 Å². The number of nitrogen functional groups attached to an aromatic ring is 1. The van der Waals surface area contributed by atoms with E-state index in [-0.39, 0.29) is 48.1 Å². The molecule has 6 atom stereocenters. The highest BCUT2D eigenvalue weighted by atomic mass is 16.7. The van der Waals surface area contributed by atoms with E-state index in [9.17, 15) is 14.4 Å². The maximum atomic E-state index is 14.1. The first-order valence-corrected chi connectivity index (χ1v) is 16.7. The van der Waals surface area contributed by atoms with Gasteiger partial charge in [-0.3, -0.25) is 14.6 Å². The number of carbonyl (C=O) groups excluding carboxylic acids is 3. The van der Waals surface area contributed by atoms with Gasteiger partial charge >= 0.3 is 5.97 Å². The first-order chi connectivity index (χ1) is 23.1. The number of esters is 1. The van der Waals surface area contributed by atoms with E-state index in [0.29, 0.717) is 18.2 Å². The van der Waals surface area contributed by atoms with Gasteiger partial charge in [-0.2, -0.15) is 0 Å². The van der Waals surface area contributed by atoms with E-state index in [1.807, 2.05) is 26.0 Å². The number of nitrogens with one attached hydrogen (secondary N) is 2. The zero-order valence-electron chi connectivity index (χ0n) is 27.7. The highest BCUT2D eigenvalue weighted by Gasteiger charge is 2.85. The Hall–Kier alpha value is -4.61. The number of carbonyl (C=O) groups is 3. The molecular formula is C37H44N6O5. The van der Waals surface area contributed by atoms with Crippen LogP contribution in [0.1, 0.15) is 78.3 Å². The molecule has 1 saturated heterocycles. The van der Waals surface area contributed by atoms with Gasteiger partial charge in [0.2, 0.25) is 5.78 Å². The van der Waals surface area contributed by atoms with Crippen LogP contribution in [0.4, 0.5) is 5.82 Å². The molecule has 252 valence electrons. The van der Waals surface area contributed by atoms with E-state index in [4.69, 9.17) is 20.9 Å². The standard InChI is InChI=1S/C37H44N6O5/c1-4-41-29-19-24-10-6-5-9-23(24)18-26(29)21-47-34(46)37-33(45)28-12-8-7-11-27(28)32(44)36(37,48-37)15-13-22(2)17-30(43-35(39)40-3)25-14-16-42-31(38)20-25/h6-8,10-14,16,19-20,23,26,29-30,41H,4-5,9,15,17-18,21H2,1-3H3,(H2,38,42)(H3,39,40,43)/b22-13+/t23-,26-,29+,30+,36-,37-/m0/s1. The fraction of sp³-hybridized carbons (Fsp3) is 0.432. The van der Waals surface area contributed by atoms with Crippen molar-refractivity contribution in [2.45, 2.75) is 69.2 Å². The number of anilines is 1. The fourth-order valence-electron chi connectivity index (χ4n) is 7.47. The largest absolute Gasteiger partial charge is 0.463 e. The molecule has 4 aliphatic rings. The predicted octanol–water partition coefficient (Wildman–Crippen LogP) is 3.99. The smallest absolute Gasteiger partial charge is 0.350 e. The molecule has 48 heavy (non-hydrogen) atoms. The van der Waals surface area contributed by atoms with Gasteiger partial charge in [0.15, 0.2) is 17.3 Å². The third-order valence-electron chi connectivity index (χ3n) is 10.1. The minimum Gasteiger partial charge on any atom is -0.463 e. The zero-order valence-corrected chi connectivity index (χ0v) is 27.7. The molecule has 2 aromatic rings.